The summed E-state index contributed by atoms with van der Waals surface area (Å²) < 4.78 is 14.0. The third-order valence-electron chi connectivity index (χ3n) is 3.98. The van der Waals surface area contributed by atoms with Gasteiger partial charge in [-0.25, -0.2) is 9.48 Å². The second kappa shape index (κ2) is 10.5. The van der Waals surface area contributed by atoms with Gasteiger partial charge in [0.15, 0.2) is 0 Å². The van der Waals surface area contributed by atoms with Crippen molar-refractivity contribution in [3.05, 3.63) is 15.5 Å². The molecule has 1 aromatic heterocycles. The van der Waals surface area contributed by atoms with E-state index in [1.807, 2.05) is 25.5 Å². The third kappa shape index (κ3) is 7.79. The van der Waals surface area contributed by atoms with Crippen molar-refractivity contribution in [2.75, 3.05) is 26.2 Å². The molecule has 1 saturated heterocycles. The Balaban J connectivity index is 1.58. The van der Waals surface area contributed by atoms with E-state index in [1.165, 1.54) is 12.0 Å². The highest BCUT2D eigenvalue weighted by Crippen LogP contribution is 2.23. The first-order valence-electron chi connectivity index (χ1n) is 9.38. The minimum absolute atomic E-state index is 0.0953. The highest BCUT2D eigenvalue weighted by molar-refractivity contribution is 14.1. The summed E-state index contributed by atoms with van der Waals surface area (Å²) in [5, 5.41) is 10.8. The predicted octanol–water partition coefficient (Wildman–Crippen LogP) is 3.23. The van der Waals surface area contributed by atoms with Crippen LogP contribution in [0.4, 0.5) is 4.79 Å². The number of rotatable bonds is 8. The summed E-state index contributed by atoms with van der Waals surface area (Å²) in [6.45, 7) is 8.76. The average Bonchev–Trinajstić information content (AvgIpc) is 2.94. The van der Waals surface area contributed by atoms with Crippen molar-refractivity contribution < 1.29 is 14.3 Å². The van der Waals surface area contributed by atoms with Gasteiger partial charge in [0.2, 0.25) is 0 Å². The number of halogens is 1. The van der Waals surface area contributed by atoms with Gasteiger partial charge in [0, 0.05) is 24.9 Å². The molecule has 2 heterocycles. The summed E-state index contributed by atoms with van der Waals surface area (Å²) in [4.78, 5) is 11.5. The van der Waals surface area contributed by atoms with E-state index in [0.29, 0.717) is 6.54 Å². The van der Waals surface area contributed by atoms with Crippen LogP contribution in [0, 0.1) is 3.70 Å². The van der Waals surface area contributed by atoms with E-state index in [0.717, 1.165) is 49.1 Å². The summed E-state index contributed by atoms with van der Waals surface area (Å²) in [7, 11) is 0. The Morgan fingerprint density at radius 1 is 1.38 bits per heavy atom. The van der Waals surface area contributed by atoms with Gasteiger partial charge in [0.1, 0.15) is 15.5 Å². The lowest BCUT2D eigenvalue weighted by Crippen LogP contribution is -2.34. The van der Waals surface area contributed by atoms with Crippen LogP contribution in [0.1, 0.15) is 58.2 Å². The molecule has 0 aromatic carbocycles. The van der Waals surface area contributed by atoms with Gasteiger partial charge in [-0.05, 0) is 88.6 Å². The van der Waals surface area contributed by atoms with Crippen LogP contribution in [0.5, 0.6) is 0 Å². The number of amides is 1. The molecular formula is C18H31IN4O3. The summed E-state index contributed by atoms with van der Waals surface area (Å²) in [5.41, 5.74) is 0.797. The normalized spacial score (nSPS) is 17.9. The zero-order valence-electron chi connectivity index (χ0n) is 16.0. The van der Waals surface area contributed by atoms with Gasteiger partial charge in [-0.15, -0.1) is 0 Å². The van der Waals surface area contributed by atoms with Crippen LogP contribution < -0.4 is 10.6 Å². The lowest BCUT2D eigenvalue weighted by molar-refractivity contribution is -0.0397. The Labute approximate surface area is 169 Å². The van der Waals surface area contributed by atoms with Crippen LogP contribution in [0.15, 0.2) is 6.20 Å². The topological polar surface area (TPSA) is 77.4 Å². The fraction of sp³-hybridized carbons (Fsp3) is 0.778. The maximum Gasteiger partial charge on any atom is 0.407 e. The number of aromatic nitrogens is 2. The van der Waals surface area contributed by atoms with Crippen molar-refractivity contribution in [1.29, 1.82) is 0 Å². The Kier molecular flexibility index (Phi) is 8.62. The van der Waals surface area contributed by atoms with Gasteiger partial charge in [-0.2, -0.15) is 5.10 Å². The lowest BCUT2D eigenvalue weighted by atomic mass is 10.2. The van der Waals surface area contributed by atoms with Crippen LogP contribution in [0.3, 0.4) is 0 Å². The van der Waals surface area contributed by atoms with Crippen molar-refractivity contribution in [1.82, 2.24) is 20.4 Å². The number of alkyl carbamates (subject to hydrolysis) is 1. The van der Waals surface area contributed by atoms with Gasteiger partial charge in [0.25, 0.3) is 0 Å². The van der Waals surface area contributed by atoms with Crippen LogP contribution in [0.25, 0.3) is 0 Å². The van der Waals surface area contributed by atoms with Gasteiger partial charge < -0.3 is 20.1 Å². The second-order valence-electron chi connectivity index (χ2n) is 7.53. The molecule has 1 aromatic rings. The summed E-state index contributed by atoms with van der Waals surface area (Å²) in [6, 6.07) is 0. The molecule has 1 fully saturated rings. The third-order valence-corrected chi connectivity index (χ3v) is 4.89. The fourth-order valence-electron chi connectivity index (χ4n) is 2.72. The van der Waals surface area contributed by atoms with Crippen LogP contribution in [0.2, 0.25) is 0 Å². The highest BCUT2D eigenvalue weighted by Gasteiger charge is 2.18. The maximum atomic E-state index is 11.5. The highest BCUT2D eigenvalue weighted by atomic mass is 127. The first-order valence-corrected chi connectivity index (χ1v) is 10.5. The predicted molar refractivity (Wildman–Crippen MR) is 109 cm³/mol. The molecule has 148 valence electrons. The van der Waals surface area contributed by atoms with Gasteiger partial charge in [0.05, 0.1) is 0 Å². The molecule has 0 aliphatic carbocycles. The molecule has 1 aliphatic heterocycles. The number of nitrogens with zero attached hydrogens (tertiary/aromatic N) is 2. The number of carbonyl (C=O) groups is 1. The Bertz CT molecular complexity index is 565. The Morgan fingerprint density at radius 3 is 2.88 bits per heavy atom. The van der Waals surface area contributed by atoms with Crippen molar-refractivity contribution in [2.24, 2.45) is 0 Å². The minimum atomic E-state index is -0.452. The Hall–Kier alpha value is -0.870. The fourth-order valence-corrected chi connectivity index (χ4v) is 3.38. The van der Waals surface area contributed by atoms with E-state index in [1.54, 1.807) is 0 Å². The summed E-state index contributed by atoms with van der Waals surface area (Å²) >= 11 is 2.29. The number of carbonyl (C=O) groups excluding carboxylic acids is 1. The molecule has 1 atom stereocenters. The van der Waals surface area contributed by atoms with Crippen LogP contribution in [-0.4, -0.2) is 47.7 Å². The van der Waals surface area contributed by atoms with Gasteiger partial charge in [-0.3, -0.25) is 0 Å². The van der Waals surface area contributed by atoms with Gasteiger partial charge >= 0.3 is 6.09 Å². The smallest absolute Gasteiger partial charge is 0.407 e. The van der Waals surface area contributed by atoms with Crippen molar-refractivity contribution in [3.63, 3.8) is 0 Å². The molecule has 2 N–H and O–H groups in total. The summed E-state index contributed by atoms with van der Waals surface area (Å²) in [6.07, 6.45) is 7.05. The molecule has 1 aliphatic rings. The second-order valence-corrected chi connectivity index (χ2v) is 8.55. The first kappa shape index (κ1) is 21.4. The summed E-state index contributed by atoms with van der Waals surface area (Å²) in [5.74, 6) is 0. The molecule has 7 nitrogen and oxygen atoms in total. The first-order chi connectivity index (χ1) is 12.3. The molecule has 26 heavy (non-hydrogen) atoms. The molecule has 0 spiro atoms. The quantitative estimate of drug-likeness (QED) is 0.443. The number of hydrogen-bond acceptors (Lipinski definition) is 5. The average molecular weight is 478 g/mol. The lowest BCUT2D eigenvalue weighted by Gasteiger charge is -2.22. The molecule has 0 saturated carbocycles. The molecule has 8 heteroatoms. The van der Waals surface area contributed by atoms with E-state index in [9.17, 15) is 4.79 Å². The SMILES string of the molecule is CC(C)(C)OC(=O)NCCCNCCc1cn(C2CCCCO2)nc1I. The van der Waals surface area contributed by atoms with E-state index in [4.69, 9.17) is 9.47 Å². The van der Waals surface area contributed by atoms with Gasteiger partial charge in [-0.1, -0.05) is 0 Å². The molecule has 0 bridgehead atoms. The largest absolute Gasteiger partial charge is 0.444 e. The monoisotopic (exact) mass is 478 g/mol. The van der Waals surface area contributed by atoms with Crippen LogP contribution in [-0.2, 0) is 15.9 Å². The van der Waals surface area contributed by atoms with Crippen LogP contribution >= 0.6 is 22.6 Å². The van der Waals surface area contributed by atoms with Crippen molar-refractivity contribution >= 4 is 28.7 Å². The molecular weight excluding hydrogens is 447 g/mol. The number of ether oxygens (including phenoxy) is 2. The minimum Gasteiger partial charge on any atom is -0.444 e. The Morgan fingerprint density at radius 2 is 2.19 bits per heavy atom. The maximum absolute atomic E-state index is 11.5. The van der Waals surface area contributed by atoms with Crippen molar-refractivity contribution in [2.45, 2.75) is 64.7 Å². The molecule has 2 rings (SSSR count). The molecule has 0 radical (unpaired) electrons. The zero-order valence-corrected chi connectivity index (χ0v) is 18.2. The number of hydrogen-bond donors (Lipinski definition) is 2. The van der Waals surface area contributed by atoms with E-state index in [-0.39, 0.29) is 12.3 Å². The molecule has 1 amide bonds. The standard InChI is InChI=1S/C18H31IN4O3/c1-18(2,3)26-17(24)21-10-6-9-20-11-8-14-13-23(22-16(14)19)15-7-4-5-12-25-15/h13,15,20H,4-12H2,1-3H3,(H,21,24). The zero-order chi connectivity index (χ0) is 19.0. The van der Waals surface area contributed by atoms with E-state index >= 15 is 0 Å². The number of nitrogens with one attached hydrogen (secondary N) is 2. The van der Waals surface area contributed by atoms with E-state index < -0.39 is 5.60 Å². The van der Waals surface area contributed by atoms with Crippen molar-refractivity contribution in [3.8, 4) is 0 Å². The van der Waals surface area contributed by atoms with E-state index in [2.05, 4.69) is 44.5 Å². The molecule has 1 unspecified atom stereocenters.